The van der Waals surface area contributed by atoms with E-state index >= 15 is 0 Å². The number of hydrogen-bond acceptors (Lipinski definition) is 6. The molecule has 168 valence electrons. The molecule has 0 saturated heterocycles. The molecule has 1 amide bonds. The monoisotopic (exact) mass is 460 g/mol. The Morgan fingerprint density at radius 1 is 1.09 bits per heavy atom. The summed E-state index contributed by atoms with van der Waals surface area (Å²) in [6.07, 6.45) is 2.02. The Balaban J connectivity index is 1.29. The molecule has 0 bridgehead atoms. The Hall–Kier alpha value is -3.78. The van der Waals surface area contributed by atoms with Crippen molar-refractivity contribution in [2.75, 3.05) is 13.7 Å². The minimum Gasteiger partial charge on any atom is -0.497 e. The van der Waals surface area contributed by atoms with E-state index in [0.29, 0.717) is 18.7 Å². The molecule has 0 fully saturated rings. The van der Waals surface area contributed by atoms with Gasteiger partial charge in [0.25, 0.3) is 5.56 Å². The Morgan fingerprint density at radius 2 is 1.82 bits per heavy atom. The second-order valence-corrected chi connectivity index (χ2v) is 8.44. The molecular weight excluding hydrogens is 436 g/mol. The van der Waals surface area contributed by atoms with Gasteiger partial charge < -0.3 is 10.1 Å². The summed E-state index contributed by atoms with van der Waals surface area (Å²) < 4.78 is 6.49. The Morgan fingerprint density at radius 3 is 2.52 bits per heavy atom. The smallest absolute Gasteiger partial charge is 0.254 e. The fourth-order valence-electron chi connectivity index (χ4n) is 3.26. The van der Waals surface area contributed by atoms with Crippen molar-refractivity contribution in [1.82, 2.24) is 19.9 Å². The minimum atomic E-state index is -0.264. The van der Waals surface area contributed by atoms with E-state index < -0.39 is 0 Å². The largest absolute Gasteiger partial charge is 0.497 e. The maximum Gasteiger partial charge on any atom is 0.254 e. The molecule has 0 saturated carbocycles. The quantitative estimate of drug-likeness (QED) is 0.433. The van der Waals surface area contributed by atoms with Crippen LogP contribution in [0, 0.1) is 6.92 Å². The van der Waals surface area contributed by atoms with E-state index in [1.54, 1.807) is 18.4 Å². The summed E-state index contributed by atoms with van der Waals surface area (Å²) in [5.41, 5.74) is 4.27. The van der Waals surface area contributed by atoms with Crippen molar-refractivity contribution in [2.24, 2.45) is 0 Å². The second kappa shape index (κ2) is 10.2. The number of thiazole rings is 1. The third-order valence-electron chi connectivity index (χ3n) is 5.13. The molecule has 4 rings (SSSR count). The maximum absolute atomic E-state index is 12.4. The number of nitrogens with one attached hydrogen (secondary N) is 1. The lowest BCUT2D eigenvalue weighted by Gasteiger charge is -2.08. The molecule has 8 heteroatoms. The van der Waals surface area contributed by atoms with E-state index in [4.69, 9.17) is 4.74 Å². The van der Waals surface area contributed by atoms with Gasteiger partial charge in [-0.25, -0.2) is 9.97 Å². The fourth-order valence-corrected chi connectivity index (χ4v) is 4.12. The van der Waals surface area contributed by atoms with E-state index in [1.165, 1.54) is 17.0 Å². The van der Waals surface area contributed by atoms with Gasteiger partial charge in [0.15, 0.2) is 0 Å². The molecule has 0 aliphatic carbocycles. The van der Waals surface area contributed by atoms with Crippen LogP contribution in [0.4, 0.5) is 0 Å². The Kier molecular flexibility index (Phi) is 6.95. The molecular formula is C25H24N4O3S. The number of aryl methyl sites for hydroxylation is 1. The molecule has 0 spiro atoms. The van der Waals surface area contributed by atoms with Crippen LogP contribution < -0.4 is 15.6 Å². The van der Waals surface area contributed by atoms with Gasteiger partial charge >= 0.3 is 0 Å². The van der Waals surface area contributed by atoms with Crippen molar-refractivity contribution in [3.63, 3.8) is 0 Å². The molecule has 2 heterocycles. The lowest BCUT2D eigenvalue weighted by Crippen LogP contribution is -2.33. The highest BCUT2D eigenvalue weighted by Gasteiger charge is 2.09. The van der Waals surface area contributed by atoms with Crippen molar-refractivity contribution in [1.29, 1.82) is 0 Å². The summed E-state index contributed by atoms with van der Waals surface area (Å²) >= 11 is 1.56. The summed E-state index contributed by atoms with van der Waals surface area (Å²) in [4.78, 5) is 33.7. The van der Waals surface area contributed by atoms with Gasteiger partial charge in [0.05, 0.1) is 24.8 Å². The van der Waals surface area contributed by atoms with Crippen molar-refractivity contribution in [3.05, 3.63) is 87.9 Å². The number of nitrogens with zero attached hydrogens (tertiary/aromatic N) is 3. The average molecular weight is 461 g/mol. The molecule has 2 aromatic carbocycles. The van der Waals surface area contributed by atoms with Gasteiger partial charge in [0.1, 0.15) is 17.3 Å². The standard InChI is InChI=1S/C25H24N4O3S/c1-17-3-5-18(6-4-17)22-13-24(31)29(16-27-22)14-23(30)26-12-11-20-15-33-25(28-20)19-7-9-21(32-2)10-8-19/h3-10,13,15-16H,11-12,14H2,1-2H3,(H,26,30). The molecule has 2 aromatic heterocycles. The van der Waals surface area contributed by atoms with Crippen LogP contribution >= 0.6 is 11.3 Å². The minimum absolute atomic E-state index is 0.0752. The number of methoxy groups -OCH3 is 1. The van der Waals surface area contributed by atoms with Gasteiger partial charge in [0, 0.05) is 35.5 Å². The zero-order chi connectivity index (χ0) is 23.2. The number of benzene rings is 2. The number of carbonyl (C=O) groups excluding carboxylic acids is 1. The molecule has 1 N–H and O–H groups in total. The topological polar surface area (TPSA) is 86.1 Å². The van der Waals surface area contributed by atoms with Crippen LogP contribution in [0.15, 0.2) is 71.1 Å². The van der Waals surface area contributed by atoms with Gasteiger partial charge in [-0.2, -0.15) is 0 Å². The van der Waals surface area contributed by atoms with Gasteiger partial charge in [-0.15, -0.1) is 11.3 Å². The number of rotatable bonds is 8. The van der Waals surface area contributed by atoms with Crippen LogP contribution in [-0.2, 0) is 17.8 Å². The molecule has 0 aliphatic heterocycles. The van der Waals surface area contributed by atoms with Crippen LogP contribution in [0.2, 0.25) is 0 Å². The average Bonchev–Trinajstić information content (AvgIpc) is 3.30. The highest BCUT2D eigenvalue weighted by Crippen LogP contribution is 2.25. The summed E-state index contributed by atoms with van der Waals surface area (Å²) in [6, 6.07) is 17.0. The van der Waals surface area contributed by atoms with Crippen molar-refractivity contribution >= 4 is 17.2 Å². The first-order valence-electron chi connectivity index (χ1n) is 10.5. The normalized spacial score (nSPS) is 10.7. The first kappa shape index (κ1) is 22.4. The fraction of sp³-hybridized carbons (Fsp3) is 0.200. The van der Waals surface area contributed by atoms with Gasteiger partial charge in [0.2, 0.25) is 5.91 Å². The summed E-state index contributed by atoms with van der Waals surface area (Å²) in [7, 11) is 1.64. The van der Waals surface area contributed by atoms with Gasteiger partial charge in [-0.1, -0.05) is 29.8 Å². The zero-order valence-corrected chi connectivity index (χ0v) is 19.3. The van der Waals surface area contributed by atoms with E-state index in [1.807, 2.05) is 60.8 Å². The Labute approximate surface area is 195 Å². The van der Waals surface area contributed by atoms with E-state index in [2.05, 4.69) is 15.3 Å². The Bertz CT molecular complexity index is 1290. The first-order chi connectivity index (χ1) is 16.0. The lowest BCUT2D eigenvalue weighted by molar-refractivity contribution is -0.121. The molecule has 0 unspecified atom stereocenters. The van der Waals surface area contributed by atoms with Crippen LogP contribution in [0.25, 0.3) is 21.8 Å². The van der Waals surface area contributed by atoms with Crippen molar-refractivity contribution < 1.29 is 9.53 Å². The number of ether oxygens (including phenoxy) is 1. The van der Waals surface area contributed by atoms with Crippen LogP contribution in [0.3, 0.4) is 0 Å². The van der Waals surface area contributed by atoms with Crippen molar-refractivity contribution in [2.45, 2.75) is 19.9 Å². The first-order valence-corrected chi connectivity index (χ1v) is 11.4. The van der Waals surface area contributed by atoms with Gasteiger partial charge in [-0.3, -0.25) is 14.2 Å². The summed E-state index contributed by atoms with van der Waals surface area (Å²) in [6.45, 7) is 2.37. The number of carbonyl (C=O) groups is 1. The van der Waals surface area contributed by atoms with Gasteiger partial charge in [-0.05, 0) is 31.2 Å². The van der Waals surface area contributed by atoms with E-state index in [9.17, 15) is 9.59 Å². The number of aromatic nitrogens is 3. The maximum atomic E-state index is 12.4. The van der Waals surface area contributed by atoms with Crippen LogP contribution in [0.1, 0.15) is 11.3 Å². The molecule has 0 atom stereocenters. The third kappa shape index (κ3) is 5.72. The second-order valence-electron chi connectivity index (χ2n) is 7.58. The zero-order valence-electron chi connectivity index (χ0n) is 18.4. The molecule has 7 nitrogen and oxygen atoms in total. The third-order valence-corrected chi connectivity index (χ3v) is 6.07. The number of amides is 1. The van der Waals surface area contributed by atoms with Crippen molar-refractivity contribution in [3.8, 4) is 27.6 Å². The molecule has 0 aliphatic rings. The van der Waals surface area contributed by atoms with Crippen LogP contribution in [-0.4, -0.2) is 34.1 Å². The highest BCUT2D eigenvalue weighted by molar-refractivity contribution is 7.13. The summed E-state index contributed by atoms with van der Waals surface area (Å²) in [5.74, 6) is 0.560. The predicted octanol–water partition coefficient (Wildman–Crippen LogP) is 3.71. The lowest BCUT2D eigenvalue weighted by atomic mass is 10.1. The molecule has 0 radical (unpaired) electrons. The molecule has 4 aromatic rings. The van der Waals surface area contributed by atoms with E-state index in [-0.39, 0.29) is 18.0 Å². The summed E-state index contributed by atoms with van der Waals surface area (Å²) in [5, 5.41) is 5.76. The number of hydrogen-bond donors (Lipinski definition) is 1. The van der Waals surface area contributed by atoms with E-state index in [0.717, 1.165) is 33.1 Å². The SMILES string of the molecule is COc1ccc(-c2nc(CCNC(=O)Cn3cnc(-c4ccc(C)cc4)cc3=O)cs2)cc1. The molecule has 33 heavy (non-hydrogen) atoms. The highest BCUT2D eigenvalue weighted by atomic mass is 32.1. The predicted molar refractivity (Wildman–Crippen MR) is 129 cm³/mol. The van der Waals surface area contributed by atoms with Crippen LogP contribution in [0.5, 0.6) is 5.75 Å².